The van der Waals surface area contributed by atoms with Crippen molar-refractivity contribution in [3.8, 4) is 0 Å². The van der Waals surface area contributed by atoms with E-state index in [1.165, 1.54) is 0 Å². The summed E-state index contributed by atoms with van der Waals surface area (Å²) >= 11 is 1.70. The van der Waals surface area contributed by atoms with Gasteiger partial charge in [0, 0.05) is 31.9 Å². The third-order valence-electron chi connectivity index (χ3n) is 3.72. The quantitative estimate of drug-likeness (QED) is 0.524. The van der Waals surface area contributed by atoms with E-state index in [0.29, 0.717) is 6.61 Å². The Morgan fingerprint density at radius 1 is 1.26 bits per heavy atom. The van der Waals surface area contributed by atoms with Crippen LogP contribution in [0, 0.1) is 5.41 Å². The van der Waals surface area contributed by atoms with Crippen molar-refractivity contribution in [1.82, 2.24) is 9.80 Å². The van der Waals surface area contributed by atoms with E-state index < -0.39 is 0 Å². The summed E-state index contributed by atoms with van der Waals surface area (Å²) in [5.74, 6) is 0.816. The predicted molar refractivity (Wildman–Crippen MR) is 81.7 cm³/mol. The highest BCUT2D eigenvalue weighted by molar-refractivity contribution is 7.98. The van der Waals surface area contributed by atoms with Crippen molar-refractivity contribution in [1.29, 1.82) is 0 Å². The molecule has 112 valence electrons. The maximum Gasteiger partial charge on any atom is 0.311 e. The van der Waals surface area contributed by atoms with Crippen LogP contribution in [-0.2, 0) is 9.53 Å². The molecule has 1 heterocycles. The maximum atomic E-state index is 12.0. The Bertz CT molecular complexity index is 277. The molecule has 19 heavy (non-hydrogen) atoms. The number of likely N-dealkylation sites (N-methyl/N-ethyl adjacent to an activating group) is 1. The Hall–Kier alpha value is -0.260. The van der Waals surface area contributed by atoms with Crippen molar-refractivity contribution in [3.63, 3.8) is 0 Å². The van der Waals surface area contributed by atoms with E-state index in [0.717, 1.165) is 44.9 Å². The van der Waals surface area contributed by atoms with E-state index in [1.54, 1.807) is 11.8 Å². The van der Waals surface area contributed by atoms with Gasteiger partial charge in [0.05, 0.1) is 5.41 Å². The molecule has 0 aromatic carbocycles. The molecule has 1 rings (SSSR count). The molecule has 0 atom stereocenters. The Morgan fingerprint density at radius 3 is 2.47 bits per heavy atom. The molecule has 0 spiro atoms. The number of hydrogen-bond acceptors (Lipinski definition) is 5. The molecule has 0 aromatic rings. The molecule has 0 amide bonds. The van der Waals surface area contributed by atoms with Crippen LogP contribution >= 0.6 is 11.8 Å². The molecule has 1 aliphatic rings. The molecule has 1 saturated heterocycles. The van der Waals surface area contributed by atoms with Crippen LogP contribution in [0.5, 0.6) is 0 Å². The van der Waals surface area contributed by atoms with Gasteiger partial charge in [-0.05, 0) is 40.1 Å². The molecule has 1 aliphatic heterocycles. The third kappa shape index (κ3) is 6.15. The fourth-order valence-corrected chi connectivity index (χ4v) is 2.27. The van der Waals surface area contributed by atoms with Gasteiger partial charge in [-0.1, -0.05) is 0 Å². The van der Waals surface area contributed by atoms with Crippen molar-refractivity contribution in [2.24, 2.45) is 5.41 Å². The summed E-state index contributed by atoms with van der Waals surface area (Å²) in [5, 5.41) is 0. The number of thioether (sulfide) groups is 1. The SMILES string of the molecule is CSCCOC(=O)C(C)(C)CCN1CCN(C)CC1. The number of rotatable bonds is 7. The van der Waals surface area contributed by atoms with Gasteiger partial charge in [-0.25, -0.2) is 0 Å². The van der Waals surface area contributed by atoms with Crippen LogP contribution in [0.15, 0.2) is 0 Å². The first-order valence-electron chi connectivity index (χ1n) is 7.03. The number of hydrogen-bond donors (Lipinski definition) is 0. The molecular weight excluding hydrogens is 260 g/mol. The molecular formula is C14H28N2O2S. The maximum absolute atomic E-state index is 12.0. The van der Waals surface area contributed by atoms with Crippen molar-refractivity contribution < 1.29 is 9.53 Å². The summed E-state index contributed by atoms with van der Waals surface area (Å²) < 4.78 is 5.32. The fourth-order valence-electron chi connectivity index (χ4n) is 2.02. The Morgan fingerprint density at radius 2 is 1.89 bits per heavy atom. The number of nitrogens with zero attached hydrogens (tertiary/aromatic N) is 2. The van der Waals surface area contributed by atoms with Crippen LogP contribution in [-0.4, -0.2) is 74.2 Å². The summed E-state index contributed by atoms with van der Waals surface area (Å²) in [6, 6.07) is 0. The highest BCUT2D eigenvalue weighted by Crippen LogP contribution is 2.23. The first-order valence-corrected chi connectivity index (χ1v) is 8.42. The lowest BCUT2D eigenvalue weighted by atomic mass is 9.89. The highest BCUT2D eigenvalue weighted by Gasteiger charge is 2.30. The fraction of sp³-hybridized carbons (Fsp3) is 0.929. The van der Waals surface area contributed by atoms with Gasteiger partial charge in [0.15, 0.2) is 0 Å². The summed E-state index contributed by atoms with van der Waals surface area (Å²) in [4.78, 5) is 16.8. The lowest BCUT2D eigenvalue weighted by Gasteiger charge is -2.34. The average molecular weight is 288 g/mol. The predicted octanol–water partition coefficient (Wildman–Crippen LogP) is 1.56. The van der Waals surface area contributed by atoms with E-state index in [-0.39, 0.29) is 11.4 Å². The first-order chi connectivity index (χ1) is 8.95. The van der Waals surface area contributed by atoms with Crippen LogP contribution in [0.3, 0.4) is 0 Å². The van der Waals surface area contributed by atoms with Crippen LogP contribution < -0.4 is 0 Å². The zero-order valence-corrected chi connectivity index (χ0v) is 13.6. The van der Waals surface area contributed by atoms with Crippen molar-refractivity contribution in [2.75, 3.05) is 58.4 Å². The highest BCUT2D eigenvalue weighted by atomic mass is 32.2. The number of ether oxygens (including phenoxy) is 1. The van der Waals surface area contributed by atoms with Gasteiger partial charge in [0.25, 0.3) is 0 Å². The minimum atomic E-state index is -0.373. The number of carbonyl (C=O) groups is 1. The Kier molecular flexibility index (Phi) is 7.18. The molecule has 0 aromatic heterocycles. The largest absolute Gasteiger partial charge is 0.464 e. The smallest absolute Gasteiger partial charge is 0.311 e. The Labute approximate surface area is 121 Å². The van der Waals surface area contributed by atoms with Gasteiger partial charge in [0.1, 0.15) is 6.61 Å². The lowest BCUT2D eigenvalue weighted by molar-refractivity contribution is -0.153. The minimum absolute atomic E-state index is 0.0596. The van der Waals surface area contributed by atoms with Gasteiger partial charge < -0.3 is 14.5 Å². The van der Waals surface area contributed by atoms with Gasteiger partial charge in [0.2, 0.25) is 0 Å². The van der Waals surface area contributed by atoms with Crippen LogP contribution in [0.2, 0.25) is 0 Å². The summed E-state index contributed by atoms with van der Waals surface area (Å²) in [6.07, 6.45) is 2.89. The monoisotopic (exact) mass is 288 g/mol. The first kappa shape index (κ1) is 16.8. The summed E-state index contributed by atoms with van der Waals surface area (Å²) in [7, 11) is 2.16. The average Bonchev–Trinajstić information content (AvgIpc) is 2.38. The van der Waals surface area contributed by atoms with E-state index >= 15 is 0 Å². The standard InChI is InChI=1S/C14H28N2O2S/c1-14(2,13(17)18-11-12-19-4)5-6-16-9-7-15(3)8-10-16/h5-12H2,1-4H3. The van der Waals surface area contributed by atoms with Gasteiger partial charge >= 0.3 is 5.97 Å². The van der Waals surface area contributed by atoms with Crippen molar-refractivity contribution in [3.05, 3.63) is 0 Å². The van der Waals surface area contributed by atoms with E-state index in [4.69, 9.17) is 4.74 Å². The third-order valence-corrected chi connectivity index (χ3v) is 4.30. The van der Waals surface area contributed by atoms with Crippen LogP contribution in [0.4, 0.5) is 0 Å². The van der Waals surface area contributed by atoms with Gasteiger partial charge in [-0.3, -0.25) is 4.79 Å². The van der Waals surface area contributed by atoms with Crippen LogP contribution in [0.25, 0.3) is 0 Å². The van der Waals surface area contributed by atoms with Crippen LogP contribution in [0.1, 0.15) is 20.3 Å². The second-order valence-corrected chi connectivity index (χ2v) is 6.89. The Balaban J connectivity index is 2.27. The number of esters is 1. The summed E-state index contributed by atoms with van der Waals surface area (Å²) in [5.41, 5.74) is -0.373. The molecule has 0 radical (unpaired) electrons. The number of piperazine rings is 1. The molecule has 1 fully saturated rings. The topological polar surface area (TPSA) is 32.8 Å². The normalized spacial score (nSPS) is 18.5. The molecule has 0 bridgehead atoms. The molecule has 0 saturated carbocycles. The van der Waals surface area contributed by atoms with Gasteiger partial charge in [-0.15, -0.1) is 0 Å². The lowest BCUT2D eigenvalue weighted by Crippen LogP contribution is -2.45. The second kappa shape index (κ2) is 8.12. The molecule has 0 N–H and O–H groups in total. The van der Waals surface area contributed by atoms with Gasteiger partial charge in [-0.2, -0.15) is 11.8 Å². The summed E-state index contributed by atoms with van der Waals surface area (Å²) in [6.45, 7) is 9.95. The molecule has 0 unspecified atom stereocenters. The second-order valence-electron chi connectivity index (χ2n) is 5.91. The van der Waals surface area contributed by atoms with E-state index in [2.05, 4.69) is 16.8 Å². The van der Waals surface area contributed by atoms with E-state index in [9.17, 15) is 4.79 Å². The number of carbonyl (C=O) groups excluding carboxylic acids is 1. The molecule has 5 heteroatoms. The van der Waals surface area contributed by atoms with Crippen molar-refractivity contribution >= 4 is 17.7 Å². The minimum Gasteiger partial charge on any atom is -0.464 e. The van der Waals surface area contributed by atoms with Crippen molar-refractivity contribution in [2.45, 2.75) is 20.3 Å². The molecule has 4 nitrogen and oxygen atoms in total. The molecule has 0 aliphatic carbocycles. The zero-order valence-electron chi connectivity index (χ0n) is 12.8. The van der Waals surface area contributed by atoms with E-state index in [1.807, 2.05) is 20.1 Å². The zero-order chi connectivity index (χ0) is 14.3.